The molecule has 2 amide bonds. The van der Waals surface area contributed by atoms with Gasteiger partial charge in [-0.1, -0.05) is 30.3 Å². The first-order chi connectivity index (χ1) is 13.8. The number of carbonyl (C=O) groups excluding carboxylic acids is 2. The molecule has 29 heavy (non-hydrogen) atoms. The number of fused-ring (bicyclic) bond motifs is 1. The smallest absolute Gasteiger partial charge is 0.287 e. The molecule has 4 rings (SSSR count). The number of amides is 2. The Bertz CT molecular complexity index is 1190. The van der Waals surface area contributed by atoms with Gasteiger partial charge in [0.05, 0.1) is 10.4 Å². The van der Waals surface area contributed by atoms with Crippen molar-refractivity contribution in [2.75, 3.05) is 5.32 Å². The Labute approximate surface area is 171 Å². The van der Waals surface area contributed by atoms with Gasteiger partial charge in [-0.25, -0.2) is 0 Å². The van der Waals surface area contributed by atoms with Crippen molar-refractivity contribution in [3.05, 3.63) is 69.6 Å². The predicted molar refractivity (Wildman–Crippen MR) is 112 cm³/mol. The summed E-state index contributed by atoms with van der Waals surface area (Å²) in [5.74, 6) is -0.229. The molecular formula is C21H20N4O3S. The summed E-state index contributed by atoms with van der Waals surface area (Å²) in [6.45, 7) is 5.71. The van der Waals surface area contributed by atoms with Gasteiger partial charge in [-0.3, -0.25) is 14.7 Å². The average Bonchev–Trinajstić information content (AvgIpc) is 3.39. The van der Waals surface area contributed by atoms with E-state index in [2.05, 4.69) is 20.8 Å². The molecule has 4 aromatic rings. The fraction of sp³-hybridized carbons (Fsp3) is 0.190. The zero-order valence-corrected chi connectivity index (χ0v) is 17.0. The molecule has 0 spiro atoms. The number of aryl methyl sites for hydroxylation is 1. The minimum Gasteiger partial charge on any atom is -0.445 e. The number of nitrogens with one attached hydrogen (secondary N) is 3. The monoisotopic (exact) mass is 408 g/mol. The van der Waals surface area contributed by atoms with Crippen LogP contribution in [0.4, 0.5) is 5.82 Å². The zero-order chi connectivity index (χ0) is 20.6. The van der Waals surface area contributed by atoms with E-state index in [0.29, 0.717) is 16.0 Å². The van der Waals surface area contributed by atoms with Gasteiger partial charge in [0, 0.05) is 6.07 Å². The van der Waals surface area contributed by atoms with Crippen LogP contribution in [0, 0.1) is 6.92 Å². The van der Waals surface area contributed by atoms with Crippen LogP contribution in [-0.2, 0) is 5.54 Å². The highest BCUT2D eigenvalue weighted by molar-refractivity contribution is 7.12. The summed E-state index contributed by atoms with van der Waals surface area (Å²) < 4.78 is 5.71. The van der Waals surface area contributed by atoms with Gasteiger partial charge in [-0.2, -0.15) is 5.10 Å². The second-order valence-electron chi connectivity index (χ2n) is 7.26. The molecule has 1 aromatic carbocycles. The van der Waals surface area contributed by atoms with Crippen molar-refractivity contribution < 1.29 is 14.0 Å². The molecule has 7 nitrogen and oxygen atoms in total. The van der Waals surface area contributed by atoms with Crippen LogP contribution in [-0.4, -0.2) is 22.0 Å². The lowest BCUT2D eigenvalue weighted by Crippen LogP contribution is -2.40. The normalized spacial score (nSPS) is 11.6. The standard InChI is InChI=1S/C21H20N4O3S/c1-12-9-10-29-17(12)20(27)22-18-16-14(24-25-18)11-15(28-16)19(26)23-21(2,3)13-7-5-4-6-8-13/h4-11H,1-3H3,(H,23,26)(H2,22,24,25,27). The second kappa shape index (κ2) is 7.21. The molecule has 3 heterocycles. The highest BCUT2D eigenvalue weighted by atomic mass is 32.1. The van der Waals surface area contributed by atoms with Crippen LogP contribution < -0.4 is 10.6 Å². The Kier molecular flexibility index (Phi) is 4.71. The van der Waals surface area contributed by atoms with Crippen molar-refractivity contribution in [3.63, 3.8) is 0 Å². The number of hydrogen-bond donors (Lipinski definition) is 3. The number of aromatic amines is 1. The van der Waals surface area contributed by atoms with Crippen molar-refractivity contribution in [2.45, 2.75) is 26.3 Å². The molecule has 0 fully saturated rings. The highest BCUT2D eigenvalue weighted by Gasteiger charge is 2.26. The van der Waals surface area contributed by atoms with Crippen LogP contribution in [0.15, 0.2) is 52.3 Å². The summed E-state index contributed by atoms with van der Waals surface area (Å²) in [5, 5.41) is 14.4. The summed E-state index contributed by atoms with van der Waals surface area (Å²) in [4.78, 5) is 25.8. The number of aromatic nitrogens is 2. The Hall–Kier alpha value is -3.39. The molecule has 0 unspecified atom stereocenters. The molecule has 0 saturated carbocycles. The molecule has 3 N–H and O–H groups in total. The quantitative estimate of drug-likeness (QED) is 0.454. The molecule has 0 radical (unpaired) electrons. The van der Waals surface area contributed by atoms with Crippen LogP contribution >= 0.6 is 11.3 Å². The van der Waals surface area contributed by atoms with Gasteiger partial charge in [-0.15, -0.1) is 11.3 Å². The average molecular weight is 408 g/mol. The van der Waals surface area contributed by atoms with Gasteiger partial charge in [-0.05, 0) is 43.3 Å². The molecule has 0 aliphatic heterocycles. The Morgan fingerprint density at radius 3 is 2.59 bits per heavy atom. The minimum absolute atomic E-state index is 0.139. The topological polar surface area (TPSA) is 100 Å². The highest BCUT2D eigenvalue weighted by Crippen LogP contribution is 2.27. The maximum Gasteiger partial charge on any atom is 0.287 e. The fourth-order valence-electron chi connectivity index (χ4n) is 3.06. The van der Waals surface area contributed by atoms with E-state index in [9.17, 15) is 9.59 Å². The van der Waals surface area contributed by atoms with Crippen LogP contribution in [0.5, 0.6) is 0 Å². The van der Waals surface area contributed by atoms with E-state index < -0.39 is 5.54 Å². The van der Waals surface area contributed by atoms with Gasteiger partial charge in [0.1, 0.15) is 5.52 Å². The third kappa shape index (κ3) is 3.66. The maximum atomic E-state index is 12.7. The Morgan fingerprint density at radius 2 is 1.90 bits per heavy atom. The zero-order valence-electron chi connectivity index (χ0n) is 16.2. The number of H-pyrrole nitrogens is 1. The lowest BCUT2D eigenvalue weighted by Gasteiger charge is -2.26. The second-order valence-corrected chi connectivity index (χ2v) is 8.17. The minimum atomic E-state index is -0.579. The maximum absolute atomic E-state index is 12.7. The van der Waals surface area contributed by atoms with Crippen molar-refractivity contribution in [2.24, 2.45) is 0 Å². The van der Waals surface area contributed by atoms with Gasteiger partial charge >= 0.3 is 0 Å². The number of furan rings is 1. The largest absolute Gasteiger partial charge is 0.445 e. The van der Waals surface area contributed by atoms with Crippen LogP contribution in [0.1, 0.15) is 45.2 Å². The number of benzene rings is 1. The van der Waals surface area contributed by atoms with Crippen LogP contribution in [0.25, 0.3) is 11.1 Å². The molecule has 3 aromatic heterocycles. The van der Waals surface area contributed by atoms with E-state index in [1.165, 1.54) is 11.3 Å². The van der Waals surface area contributed by atoms with E-state index in [-0.39, 0.29) is 23.4 Å². The first kappa shape index (κ1) is 18.9. The summed E-state index contributed by atoms with van der Waals surface area (Å²) in [6, 6.07) is 13.1. The molecule has 0 aliphatic carbocycles. The third-order valence-electron chi connectivity index (χ3n) is 4.68. The first-order valence-corrected chi connectivity index (χ1v) is 9.94. The summed E-state index contributed by atoms with van der Waals surface area (Å²) >= 11 is 1.35. The molecule has 0 aliphatic rings. The first-order valence-electron chi connectivity index (χ1n) is 9.06. The number of rotatable bonds is 5. The van der Waals surface area contributed by atoms with E-state index in [4.69, 9.17) is 4.42 Å². The fourth-order valence-corrected chi connectivity index (χ4v) is 3.88. The number of nitrogens with zero attached hydrogens (tertiary/aromatic N) is 1. The lowest BCUT2D eigenvalue weighted by atomic mass is 9.94. The van der Waals surface area contributed by atoms with Gasteiger partial charge in [0.15, 0.2) is 17.2 Å². The Morgan fingerprint density at radius 1 is 1.14 bits per heavy atom. The molecule has 8 heteroatoms. The molecule has 0 saturated heterocycles. The summed E-state index contributed by atoms with van der Waals surface area (Å²) in [5.41, 5.74) is 2.15. The van der Waals surface area contributed by atoms with Crippen molar-refractivity contribution in [1.82, 2.24) is 15.5 Å². The van der Waals surface area contributed by atoms with Crippen LogP contribution in [0.3, 0.4) is 0 Å². The summed E-state index contributed by atoms with van der Waals surface area (Å²) in [7, 11) is 0. The molecular weight excluding hydrogens is 388 g/mol. The molecule has 148 valence electrons. The molecule has 0 bridgehead atoms. The molecule has 0 atom stereocenters. The van der Waals surface area contributed by atoms with E-state index in [1.807, 2.05) is 62.5 Å². The number of thiophene rings is 1. The van der Waals surface area contributed by atoms with Crippen molar-refractivity contribution >= 4 is 40.1 Å². The predicted octanol–water partition coefficient (Wildman–Crippen LogP) is 4.44. The number of hydrogen-bond acceptors (Lipinski definition) is 5. The number of carbonyl (C=O) groups is 2. The van der Waals surface area contributed by atoms with E-state index in [0.717, 1.165) is 11.1 Å². The van der Waals surface area contributed by atoms with Gasteiger partial charge in [0.2, 0.25) is 0 Å². The van der Waals surface area contributed by atoms with Gasteiger partial charge in [0.25, 0.3) is 11.8 Å². The Balaban J connectivity index is 1.55. The van der Waals surface area contributed by atoms with Gasteiger partial charge < -0.3 is 15.1 Å². The van der Waals surface area contributed by atoms with Crippen LogP contribution in [0.2, 0.25) is 0 Å². The van der Waals surface area contributed by atoms with E-state index in [1.54, 1.807) is 6.07 Å². The SMILES string of the molecule is Cc1ccsc1C(=O)Nc1n[nH]c2cc(C(=O)NC(C)(C)c3ccccc3)oc12. The summed E-state index contributed by atoms with van der Waals surface area (Å²) in [6.07, 6.45) is 0. The third-order valence-corrected chi connectivity index (χ3v) is 5.70. The lowest BCUT2D eigenvalue weighted by molar-refractivity contribution is 0.0885. The number of anilines is 1. The van der Waals surface area contributed by atoms with Crippen molar-refractivity contribution in [1.29, 1.82) is 0 Å². The van der Waals surface area contributed by atoms with Crippen molar-refractivity contribution in [3.8, 4) is 0 Å². The van der Waals surface area contributed by atoms with E-state index >= 15 is 0 Å².